The average Bonchev–Trinajstić information content (AvgIpc) is 2.69. The molecule has 0 bridgehead atoms. The second-order valence-electron chi connectivity index (χ2n) is 7.47. The van der Waals surface area contributed by atoms with Crippen LogP contribution in [0.5, 0.6) is 5.75 Å². The fourth-order valence-electron chi connectivity index (χ4n) is 4.32. The predicted molar refractivity (Wildman–Crippen MR) is 106 cm³/mol. The van der Waals surface area contributed by atoms with Crippen LogP contribution in [0.4, 0.5) is 0 Å². The summed E-state index contributed by atoms with van der Waals surface area (Å²) >= 11 is 0. The molecule has 2 aliphatic rings. The molecule has 1 saturated heterocycles. The molecule has 2 fully saturated rings. The third-order valence-electron chi connectivity index (χ3n) is 5.86. The van der Waals surface area contributed by atoms with E-state index in [-0.39, 0.29) is 11.5 Å². The molecule has 1 aliphatic heterocycles. The molecule has 1 heterocycles. The molecule has 1 aromatic carbocycles. The number of nitrogens with zero attached hydrogens (tertiary/aromatic N) is 2. The molecule has 6 nitrogen and oxygen atoms in total. The lowest BCUT2D eigenvalue weighted by atomic mass is 9.83. The van der Waals surface area contributed by atoms with Crippen molar-refractivity contribution in [3.8, 4) is 5.75 Å². The van der Waals surface area contributed by atoms with Gasteiger partial charge < -0.3 is 9.84 Å². The Hall–Kier alpha value is -1.15. The molecule has 1 aromatic rings. The summed E-state index contributed by atoms with van der Waals surface area (Å²) in [5.41, 5.74) is 1.56. The zero-order chi connectivity index (χ0) is 19.4. The number of hydrogen-bond donors (Lipinski definition) is 1. The summed E-state index contributed by atoms with van der Waals surface area (Å²) in [4.78, 5) is 2.32. The molecule has 0 atom stereocenters. The molecule has 151 valence electrons. The van der Waals surface area contributed by atoms with Gasteiger partial charge in [0.15, 0.2) is 0 Å². The van der Waals surface area contributed by atoms with E-state index in [2.05, 4.69) is 11.8 Å². The summed E-state index contributed by atoms with van der Waals surface area (Å²) in [5, 5.41) is 9.05. The largest absolute Gasteiger partial charge is 0.496 e. The number of rotatable bonds is 6. The summed E-state index contributed by atoms with van der Waals surface area (Å²) in [6, 6.07) is 3.64. The minimum absolute atomic E-state index is 0.0929. The summed E-state index contributed by atoms with van der Waals surface area (Å²) in [6.45, 7) is 6.86. The topological polar surface area (TPSA) is 70.1 Å². The maximum atomic E-state index is 13.2. The van der Waals surface area contributed by atoms with Gasteiger partial charge in [-0.1, -0.05) is 25.3 Å². The van der Waals surface area contributed by atoms with Gasteiger partial charge in [-0.05, 0) is 37.3 Å². The van der Waals surface area contributed by atoms with Crippen LogP contribution in [0.3, 0.4) is 0 Å². The number of β-amino-alcohol motifs (C(OH)–C–C–N with tert-alkyl or cyclic N) is 1. The second-order valence-corrected chi connectivity index (χ2v) is 9.38. The van der Waals surface area contributed by atoms with Crippen LogP contribution in [0.15, 0.2) is 17.0 Å². The van der Waals surface area contributed by atoms with Gasteiger partial charge in [0.25, 0.3) is 0 Å². The number of ether oxygens (including phenoxy) is 1. The third kappa shape index (κ3) is 4.31. The van der Waals surface area contributed by atoms with E-state index in [1.165, 1.54) is 23.6 Å². The number of aliphatic hydroxyl groups excluding tert-OH is 1. The summed E-state index contributed by atoms with van der Waals surface area (Å²) < 4.78 is 33.5. The van der Waals surface area contributed by atoms with E-state index in [0.717, 1.165) is 18.4 Å². The van der Waals surface area contributed by atoms with Crippen LogP contribution in [0.2, 0.25) is 0 Å². The first-order valence-electron chi connectivity index (χ1n) is 9.85. The van der Waals surface area contributed by atoms with Crippen LogP contribution in [0, 0.1) is 6.92 Å². The Bertz CT molecular complexity index is 737. The smallest absolute Gasteiger partial charge is 0.243 e. The van der Waals surface area contributed by atoms with Crippen molar-refractivity contribution in [2.75, 3.05) is 46.4 Å². The lowest BCUT2D eigenvalue weighted by Crippen LogP contribution is -2.49. The van der Waals surface area contributed by atoms with Gasteiger partial charge >= 0.3 is 0 Å². The fourth-order valence-corrected chi connectivity index (χ4v) is 5.89. The van der Waals surface area contributed by atoms with Gasteiger partial charge in [-0.3, -0.25) is 4.90 Å². The molecule has 1 saturated carbocycles. The van der Waals surface area contributed by atoms with Gasteiger partial charge in [0.2, 0.25) is 10.0 Å². The zero-order valence-corrected chi connectivity index (χ0v) is 17.0. The molecule has 0 amide bonds. The van der Waals surface area contributed by atoms with Crippen molar-refractivity contribution in [2.45, 2.75) is 42.9 Å². The van der Waals surface area contributed by atoms with Crippen molar-refractivity contribution in [1.82, 2.24) is 9.21 Å². The first-order chi connectivity index (χ1) is 13.0. The van der Waals surface area contributed by atoms with E-state index in [0.29, 0.717) is 50.0 Å². The minimum Gasteiger partial charge on any atom is -0.496 e. The Kier molecular flexibility index (Phi) is 6.78. The Morgan fingerprint density at radius 3 is 2.41 bits per heavy atom. The van der Waals surface area contributed by atoms with Crippen molar-refractivity contribution in [2.24, 2.45) is 0 Å². The summed E-state index contributed by atoms with van der Waals surface area (Å²) in [7, 11) is -2.01. The van der Waals surface area contributed by atoms with Crippen LogP contribution in [-0.4, -0.2) is 69.2 Å². The zero-order valence-electron chi connectivity index (χ0n) is 16.2. The SMILES string of the molecule is [CH2]c1c(S(=O)(=O)N2CCN(CCO)CC2)ccc(C2CCCCC2)c1OC. The highest BCUT2D eigenvalue weighted by Gasteiger charge is 2.31. The Balaban J connectivity index is 1.85. The van der Waals surface area contributed by atoms with E-state index in [1.54, 1.807) is 13.2 Å². The summed E-state index contributed by atoms with van der Waals surface area (Å²) in [5.74, 6) is 1.05. The van der Waals surface area contributed by atoms with Crippen molar-refractivity contribution in [1.29, 1.82) is 0 Å². The van der Waals surface area contributed by atoms with E-state index >= 15 is 0 Å². The van der Waals surface area contributed by atoms with Crippen LogP contribution in [0.25, 0.3) is 0 Å². The maximum Gasteiger partial charge on any atom is 0.243 e. The molecule has 1 radical (unpaired) electrons. The number of aliphatic hydroxyl groups is 1. The molecule has 1 aliphatic carbocycles. The number of hydrogen-bond acceptors (Lipinski definition) is 5. The second kappa shape index (κ2) is 8.90. The lowest BCUT2D eigenvalue weighted by Gasteiger charge is -2.34. The number of sulfonamides is 1. The van der Waals surface area contributed by atoms with Crippen LogP contribution in [0.1, 0.15) is 49.1 Å². The predicted octanol–water partition coefficient (Wildman–Crippen LogP) is 2.22. The molecular weight excluding hydrogens is 364 g/mol. The Labute approximate surface area is 163 Å². The van der Waals surface area contributed by atoms with E-state index in [9.17, 15) is 8.42 Å². The first kappa shape index (κ1) is 20.6. The lowest BCUT2D eigenvalue weighted by molar-refractivity contribution is 0.151. The highest BCUT2D eigenvalue weighted by molar-refractivity contribution is 7.89. The molecule has 0 spiro atoms. The molecule has 0 aromatic heterocycles. The Morgan fingerprint density at radius 1 is 1.15 bits per heavy atom. The van der Waals surface area contributed by atoms with Gasteiger partial charge in [-0.25, -0.2) is 8.42 Å². The van der Waals surface area contributed by atoms with Gasteiger partial charge in [0, 0.05) is 38.3 Å². The van der Waals surface area contributed by atoms with Gasteiger partial charge in [0.05, 0.1) is 18.6 Å². The van der Waals surface area contributed by atoms with Crippen molar-refractivity contribution in [3.63, 3.8) is 0 Å². The average molecular weight is 396 g/mol. The third-order valence-corrected chi connectivity index (χ3v) is 7.85. The molecule has 1 N–H and O–H groups in total. The summed E-state index contributed by atoms with van der Waals surface area (Å²) in [6.07, 6.45) is 5.92. The number of piperazine rings is 1. The standard InChI is InChI=1S/C20H31N2O4S/c1-16-19(27(24,25)22-12-10-21(11-13-22)14-15-23)9-8-18(20(16)26-2)17-6-4-3-5-7-17/h8-9,17,23H,1,3-7,10-15H2,2H3. The van der Waals surface area contributed by atoms with Gasteiger partial charge in [-0.15, -0.1) is 0 Å². The normalized spacial score (nSPS) is 20.7. The van der Waals surface area contributed by atoms with Crippen LogP contribution >= 0.6 is 0 Å². The fraction of sp³-hybridized carbons (Fsp3) is 0.650. The van der Waals surface area contributed by atoms with Crippen molar-refractivity contribution < 1.29 is 18.3 Å². The number of methoxy groups -OCH3 is 1. The Morgan fingerprint density at radius 2 is 1.81 bits per heavy atom. The van der Waals surface area contributed by atoms with Crippen LogP contribution in [-0.2, 0) is 10.0 Å². The van der Waals surface area contributed by atoms with E-state index in [4.69, 9.17) is 9.84 Å². The number of benzene rings is 1. The highest BCUT2D eigenvalue weighted by atomic mass is 32.2. The quantitative estimate of drug-likeness (QED) is 0.800. The van der Waals surface area contributed by atoms with E-state index in [1.807, 2.05) is 6.07 Å². The van der Waals surface area contributed by atoms with Crippen molar-refractivity contribution >= 4 is 10.0 Å². The maximum absolute atomic E-state index is 13.2. The highest BCUT2D eigenvalue weighted by Crippen LogP contribution is 2.41. The van der Waals surface area contributed by atoms with Crippen LogP contribution < -0.4 is 4.74 Å². The van der Waals surface area contributed by atoms with Gasteiger partial charge in [0.1, 0.15) is 5.75 Å². The monoisotopic (exact) mass is 395 g/mol. The van der Waals surface area contributed by atoms with E-state index < -0.39 is 10.0 Å². The van der Waals surface area contributed by atoms with Crippen molar-refractivity contribution in [3.05, 3.63) is 30.2 Å². The molecule has 7 heteroatoms. The first-order valence-corrected chi connectivity index (χ1v) is 11.3. The minimum atomic E-state index is -3.61. The molecule has 3 rings (SSSR count). The van der Waals surface area contributed by atoms with Gasteiger partial charge in [-0.2, -0.15) is 4.31 Å². The molecule has 27 heavy (non-hydrogen) atoms. The molecular formula is C20H31N2O4S. The molecule has 0 unspecified atom stereocenters.